The van der Waals surface area contributed by atoms with Crippen molar-refractivity contribution >= 4 is 5.91 Å². The molecule has 3 fully saturated rings. The molecule has 4 N–H and O–H groups in total. The first-order valence-corrected chi connectivity index (χ1v) is 11.8. The van der Waals surface area contributed by atoms with Crippen molar-refractivity contribution < 1.29 is 20.1 Å². The maximum Gasteiger partial charge on any atom is 0.244 e. The van der Waals surface area contributed by atoms with Gasteiger partial charge in [0.25, 0.3) is 0 Å². The Morgan fingerprint density at radius 3 is 2.53 bits per heavy atom. The molecule has 0 unspecified atom stereocenters. The van der Waals surface area contributed by atoms with Gasteiger partial charge in [-0.2, -0.15) is 0 Å². The molecule has 5 heteroatoms. The molecule has 0 aliphatic heterocycles. The fourth-order valence-corrected chi connectivity index (χ4v) is 7.35. The van der Waals surface area contributed by atoms with E-state index in [1.165, 1.54) is 17.6 Å². The van der Waals surface area contributed by atoms with Crippen LogP contribution in [0.3, 0.4) is 0 Å². The van der Waals surface area contributed by atoms with Crippen molar-refractivity contribution in [3.63, 3.8) is 0 Å². The fraction of sp³-hybridized carbons (Fsp3) is 0.800. The van der Waals surface area contributed by atoms with Crippen LogP contribution < -0.4 is 5.32 Å². The molecular formula is C25H39NO4. The van der Waals surface area contributed by atoms with Crippen LogP contribution in [0.4, 0.5) is 0 Å². The van der Waals surface area contributed by atoms with Gasteiger partial charge in [0.2, 0.25) is 5.91 Å². The molecule has 0 saturated heterocycles. The third-order valence-electron chi connectivity index (χ3n) is 9.35. The number of hydrogen-bond donors (Lipinski definition) is 4. The molecule has 168 valence electrons. The van der Waals surface area contributed by atoms with Gasteiger partial charge in [0.1, 0.15) is 0 Å². The largest absolute Gasteiger partial charge is 0.394 e. The zero-order valence-corrected chi connectivity index (χ0v) is 18.8. The van der Waals surface area contributed by atoms with Crippen LogP contribution in [0.25, 0.3) is 0 Å². The average molecular weight is 418 g/mol. The Balaban J connectivity index is 1.55. The topological polar surface area (TPSA) is 89.8 Å². The van der Waals surface area contributed by atoms with E-state index in [0.29, 0.717) is 17.8 Å². The molecule has 6 atom stereocenters. The van der Waals surface area contributed by atoms with Gasteiger partial charge in [-0.3, -0.25) is 4.79 Å². The molecule has 0 spiro atoms. The summed E-state index contributed by atoms with van der Waals surface area (Å²) in [6.45, 7) is 5.87. The van der Waals surface area contributed by atoms with Crippen molar-refractivity contribution in [1.82, 2.24) is 5.32 Å². The SMILES string of the molecule is CC(CO)(CO)NC(=O)/C=C1/CC[C@H]2[C@@H]3CC=C4C[C@@H](O)CC[C@]4(C)[C@H]3CC[C@]12C. The van der Waals surface area contributed by atoms with Crippen molar-refractivity contribution in [2.75, 3.05) is 13.2 Å². The maximum absolute atomic E-state index is 12.7. The van der Waals surface area contributed by atoms with Crippen LogP contribution in [-0.2, 0) is 4.79 Å². The van der Waals surface area contributed by atoms with Crippen LogP contribution in [0.15, 0.2) is 23.3 Å². The van der Waals surface area contributed by atoms with Crippen LogP contribution in [0.1, 0.15) is 72.1 Å². The predicted molar refractivity (Wildman–Crippen MR) is 117 cm³/mol. The van der Waals surface area contributed by atoms with Crippen molar-refractivity contribution in [2.24, 2.45) is 28.6 Å². The molecule has 4 rings (SSSR count). The first-order chi connectivity index (χ1) is 14.1. The van der Waals surface area contributed by atoms with Gasteiger partial charge < -0.3 is 20.6 Å². The highest BCUT2D eigenvalue weighted by molar-refractivity contribution is 5.89. The zero-order chi connectivity index (χ0) is 21.7. The molecule has 0 aromatic carbocycles. The molecule has 0 radical (unpaired) electrons. The number of allylic oxidation sites excluding steroid dienone is 2. The summed E-state index contributed by atoms with van der Waals surface area (Å²) in [7, 11) is 0. The number of carbonyl (C=O) groups is 1. The fourth-order valence-electron chi connectivity index (χ4n) is 7.35. The average Bonchev–Trinajstić information content (AvgIpc) is 3.04. The highest BCUT2D eigenvalue weighted by Gasteiger charge is 2.57. The van der Waals surface area contributed by atoms with Crippen molar-refractivity contribution in [1.29, 1.82) is 0 Å². The predicted octanol–water partition coefficient (Wildman–Crippen LogP) is 3.10. The smallest absolute Gasteiger partial charge is 0.244 e. The second kappa shape index (κ2) is 7.75. The van der Waals surface area contributed by atoms with Crippen LogP contribution in [0.2, 0.25) is 0 Å². The van der Waals surface area contributed by atoms with Crippen LogP contribution in [0, 0.1) is 28.6 Å². The van der Waals surface area contributed by atoms with E-state index in [1.807, 2.05) is 0 Å². The van der Waals surface area contributed by atoms with Gasteiger partial charge >= 0.3 is 0 Å². The highest BCUT2D eigenvalue weighted by atomic mass is 16.3. The van der Waals surface area contributed by atoms with E-state index < -0.39 is 5.54 Å². The minimum Gasteiger partial charge on any atom is -0.394 e. The molecule has 30 heavy (non-hydrogen) atoms. The number of amides is 1. The van der Waals surface area contributed by atoms with E-state index in [9.17, 15) is 20.1 Å². The maximum atomic E-state index is 12.7. The van der Waals surface area contributed by atoms with E-state index in [4.69, 9.17) is 0 Å². The molecule has 5 nitrogen and oxygen atoms in total. The molecule has 3 saturated carbocycles. The summed E-state index contributed by atoms with van der Waals surface area (Å²) in [4.78, 5) is 12.7. The number of hydrogen-bond acceptors (Lipinski definition) is 4. The molecule has 0 aromatic heterocycles. The van der Waals surface area contributed by atoms with Gasteiger partial charge in [-0.15, -0.1) is 0 Å². The van der Waals surface area contributed by atoms with Crippen molar-refractivity contribution in [2.45, 2.75) is 83.8 Å². The van der Waals surface area contributed by atoms with Crippen molar-refractivity contribution in [3.05, 3.63) is 23.3 Å². The molecule has 4 aliphatic carbocycles. The molecule has 1 amide bonds. The number of aliphatic hydroxyl groups is 3. The van der Waals surface area contributed by atoms with E-state index in [1.54, 1.807) is 13.0 Å². The van der Waals surface area contributed by atoms with E-state index in [-0.39, 0.29) is 36.1 Å². The lowest BCUT2D eigenvalue weighted by molar-refractivity contribution is -0.119. The zero-order valence-electron chi connectivity index (χ0n) is 18.8. The normalized spacial score (nSPS) is 42.2. The van der Waals surface area contributed by atoms with Crippen LogP contribution in [0.5, 0.6) is 0 Å². The number of aliphatic hydroxyl groups excluding tert-OH is 3. The lowest BCUT2D eigenvalue weighted by Gasteiger charge is -2.57. The van der Waals surface area contributed by atoms with Gasteiger partial charge in [0.05, 0.1) is 24.9 Å². The van der Waals surface area contributed by atoms with Gasteiger partial charge in [-0.25, -0.2) is 0 Å². The Morgan fingerprint density at radius 1 is 1.17 bits per heavy atom. The van der Waals surface area contributed by atoms with Crippen molar-refractivity contribution in [3.8, 4) is 0 Å². The summed E-state index contributed by atoms with van der Waals surface area (Å²) in [6.07, 6.45) is 12.4. The molecular weight excluding hydrogens is 378 g/mol. The summed E-state index contributed by atoms with van der Waals surface area (Å²) in [6, 6.07) is 0. The van der Waals surface area contributed by atoms with Crippen LogP contribution in [-0.4, -0.2) is 46.1 Å². The molecule has 0 bridgehead atoms. The quantitative estimate of drug-likeness (QED) is 0.418. The first-order valence-electron chi connectivity index (χ1n) is 11.8. The third-order valence-corrected chi connectivity index (χ3v) is 9.35. The van der Waals surface area contributed by atoms with E-state index in [2.05, 4.69) is 25.2 Å². The number of fused-ring (bicyclic) bond motifs is 5. The standard InChI is InChI=1S/C25H39NO4/c1-23(14-27,15-28)26-22(30)13-17-5-7-20-19-6-4-16-12-18(29)8-10-24(16,2)21(19)9-11-25(17,20)3/h4,13,18-21,27-29H,5-12,14-15H2,1-3H3,(H,26,30)/b17-13-/t18-,19-,20-,21-,24-,25+/m0/s1. The monoisotopic (exact) mass is 417 g/mol. The second-order valence-electron chi connectivity index (χ2n) is 11.2. The highest BCUT2D eigenvalue weighted by Crippen LogP contribution is 2.66. The Morgan fingerprint density at radius 2 is 1.83 bits per heavy atom. The van der Waals surface area contributed by atoms with Crippen LogP contribution >= 0.6 is 0 Å². The first kappa shape index (κ1) is 22.0. The lowest BCUT2D eigenvalue weighted by atomic mass is 9.48. The Bertz CT molecular complexity index is 754. The Labute approximate surface area is 180 Å². The Kier molecular flexibility index (Phi) is 5.70. The minimum atomic E-state index is -0.991. The second-order valence-corrected chi connectivity index (χ2v) is 11.2. The third kappa shape index (κ3) is 3.47. The lowest BCUT2D eigenvalue weighted by Crippen LogP contribution is -2.51. The molecule has 0 heterocycles. The minimum absolute atomic E-state index is 0.0588. The summed E-state index contributed by atoms with van der Waals surface area (Å²) >= 11 is 0. The summed E-state index contributed by atoms with van der Waals surface area (Å²) in [5, 5.41) is 31.9. The molecule has 0 aromatic rings. The van der Waals surface area contributed by atoms with E-state index >= 15 is 0 Å². The van der Waals surface area contributed by atoms with Gasteiger partial charge in [0.15, 0.2) is 0 Å². The summed E-state index contributed by atoms with van der Waals surface area (Å²) < 4.78 is 0. The summed E-state index contributed by atoms with van der Waals surface area (Å²) in [5.41, 5.74) is 2.03. The van der Waals surface area contributed by atoms with Gasteiger partial charge in [-0.1, -0.05) is 31.1 Å². The van der Waals surface area contributed by atoms with E-state index in [0.717, 1.165) is 44.9 Å². The molecule has 4 aliphatic rings. The number of nitrogens with one attached hydrogen (secondary N) is 1. The summed E-state index contributed by atoms with van der Waals surface area (Å²) in [5.74, 6) is 1.72. The van der Waals surface area contributed by atoms with Gasteiger partial charge in [-0.05, 0) is 86.9 Å². The van der Waals surface area contributed by atoms with Gasteiger partial charge in [0, 0.05) is 6.08 Å². The number of carbonyl (C=O) groups excluding carboxylic acids is 1. The number of rotatable bonds is 4. The Hall–Kier alpha value is -1.17.